The molecule has 0 radical (unpaired) electrons. The molecule has 0 aliphatic heterocycles. The molecule has 0 rings (SSSR count). The van der Waals surface area contributed by atoms with Crippen molar-refractivity contribution in [3.8, 4) is 0 Å². The van der Waals surface area contributed by atoms with Crippen LogP contribution in [0.5, 0.6) is 0 Å². The Morgan fingerprint density at radius 1 is 0.595 bits per heavy atom. The number of hydrogen-bond acceptors (Lipinski definition) is 5. The van der Waals surface area contributed by atoms with Crippen LogP contribution in [0.4, 0.5) is 4.79 Å². The van der Waals surface area contributed by atoms with Crippen molar-refractivity contribution in [3.63, 3.8) is 0 Å². The van der Waals surface area contributed by atoms with Gasteiger partial charge in [-0.1, -0.05) is 148 Å². The van der Waals surface area contributed by atoms with E-state index >= 15 is 0 Å². The number of amides is 1. The van der Waals surface area contributed by atoms with Gasteiger partial charge in [0.15, 0.2) is 0 Å². The van der Waals surface area contributed by atoms with Crippen LogP contribution in [0.25, 0.3) is 0 Å². The number of hydrogen-bond donors (Lipinski definition) is 0. The van der Waals surface area contributed by atoms with Crippen molar-refractivity contribution in [1.82, 2.24) is 9.80 Å². The maximum Gasteiger partial charge on any atom is 0.305 e. The minimum Gasteiger partial charge on any atom is -0.466 e. The summed E-state index contributed by atoms with van der Waals surface area (Å²) in [5.41, 5.74) is 0. The molecule has 250 valence electrons. The highest BCUT2D eigenvalue weighted by Gasteiger charge is 2.14. The van der Waals surface area contributed by atoms with E-state index in [2.05, 4.69) is 44.7 Å². The molecule has 0 aliphatic carbocycles. The number of nitrogens with zero attached hydrogens (tertiary/aromatic N) is 2. The van der Waals surface area contributed by atoms with Crippen molar-refractivity contribution in [3.05, 3.63) is 0 Å². The molecule has 0 saturated heterocycles. The number of rotatable bonds is 31. The Bertz CT molecular complexity index is 602. The molecule has 0 aromatic carbocycles. The lowest BCUT2D eigenvalue weighted by Gasteiger charge is -2.22. The third-order valence-corrected chi connectivity index (χ3v) is 9.23. The Kier molecular flexibility index (Phi) is 31.1. The molecule has 0 N–H and O–H groups in total. The molecule has 0 spiro atoms. The predicted octanol–water partition coefficient (Wildman–Crippen LogP) is 10.9. The van der Waals surface area contributed by atoms with Crippen LogP contribution >= 0.6 is 11.8 Å². The van der Waals surface area contributed by atoms with Crippen LogP contribution in [0.3, 0.4) is 0 Å². The van der Waals surface area contributed by atoms with Crippen LogP contribution in [0.2, 0.25) is 0 Å². The summed E-state index contributed by atoms with van der Waals surface area (Å²) < 4.78 is 5.66. The molecule has 6 heteroatoms. The van der Waals surface area contributed by atoms with E-state index in [0.717, 1.165) is 70.3 Å². The van der Waals surface area contributed by atoms with E-state index in [1.165, 1.54) is 108 Å². The molecule has 0 heterocycles. The molecule has 1 unspecified atom stereocenters. The summed E-state index contributed by atoms with van der Waals surface area (Å²) in [6.07, 6.45) is 27.6. The molecular formula is C36H72N2O3S. The second-order valence-electron chi connectivity index (χ2n) is 12.8. The largest absolute Gasteiger partial charge is 0.466 e. The Morgan fingerprint density at radius 3 is 1.64 bits per heavy atom. The first-order chi connectivity index (χ1) is 20.4. The van der Waals surface area contributed by atoms with Gasteiger partial charge in [0.25, 0.3) is 5.24 Å². The van der Waals surface area contributed by atoms with Crippen LogP contribution in [-0.4, -0.2) is 67.1 Å². The summed E-state index contributed by atoms with van der Waals surface area (Å²) in [6.45, 7) is 10.1. The van der Waals surface area contributed by atoms with E-state index in [1.807, 2.05) is 0 Å². The van der Waals surface area contributed by atoms with Gasteiger partial charge in [-0.05, 0) is 45.7 Å². The predicted molar refractivity (Wildman–Crippen MR) is 186 cm³/mol. The highest BCUT2D eigenvalue weighted by molar-refractivity contribution is 8.13. The number of esters is 1. The minimum atomic E-state index is -0.0158. The highest BCUT2D eigenvalue weighted by Crippen LogP contribution is 2.22. The SMILES string of the molecule is CCCCCCCCC(CCCCCC)CCOC(=O)CCCCCCCN(CCCCCC)C(=O)SCCN(C)C. The molecule has 0 saturated carbocycles. The fourth-order valence-corrected chi connectivity index (χ4v) is 6.45. The molecule has 1 amide bonds. The highest BCUT2D eigenvalue weighted by atomic mass is 32.2. The Balaban J connectivity index is 4.13. The molecule has 1 atom stereocenters. The minimum absolute atomic E-state index is 0.0158. The smallest absolute Gasteiger partial charge is 0.305 e. The average Bonchev–Trinajstić information content (AvgIpc) is 2.96. The van der Waals surface area contributed by atoms with E-state index in [9.17, 15) is 9.59 Å². The Labute approximate surface area is 267 Å². The van der Waals surface area contributed by atoms with Crippen LogP contribution < -0.4 is 0 Å². The van der Waals surface area contributed by atoms with E-state index < -0.39 is 0 Å². The zero-order valence-corrected chi connectivity index (χ0v) is 29.7. The van der Waals surface area contributed by atoms with E-state index in [0.29, 0.717) is 18.9 Å². The van der Waals surface area contributed by atoms with Gasteiger partial charge in [0.2, 0.25) is 0 Å². The van der Waals surface area contributed by atoms with Crippen molar-refractivity contribution in [2.75, 3.05) is 46.1 Å². The lowest BCUT2D eigenvalue weighted by Crippen LogP contribution is -2.30. The van der Waals surface area contributed by atoms with Crippen LogP contribution in [-0.2, 0) is 9.53 Å². The van der Waals surface area contributed by atoms with Gasteiger partial charge in [0, 0.05) is 31.8 Å². The van der Waals surface area contributed by atoms with Crippen molar-refractivity contribution < 1.29 is 14.3 Å². The molecular weight excluding hydrogens is 540 g/mol. The third-order valence-electron chi connectivity index (χ3n) is 8.33. The number of thioether (sulfide) groups is 1. The molecule has 0 bridgehead atoms. The molecule has 0 aromatic rings. The van der Waals surface area contributed by atoms with Crippen LogP contribution in [0, 0.1) is 5.92 Å². The van der Waals surface area contributed by atoms with E-state index in [4.69, 9.17) is 4.74 Å². The monoisotopic (exact) mass is 613 g/mol. The van der Waals surface area contributed by atoms with Crippen molar-refractivity contribution in [1.29, 1.82) is 0 Å². The molecule has 0 aliphatic rings. The average molecular weight is 613 g/mol. The van der Waals surface area contributed by atoms with Crippen molar-refractivity contribution in [2.45, 2.75) is 168 Å². The van der Waals surface area contributed by atoms with Crippen LogP contribution in [0.15, 0.2) is 0 Å². The Hall–Kier alpha value is -0.750. The fourth-order valence-electron chi connectivity index (χ4n) is 5.45. The zero-order chi connectivity index (χ0) is 31.1. The first-order valence-corrected chi connectivity index (χ1v) is 19.1. The van der Waals surface area contributed by atoms with Gasteiger partial charge in [0.05, 0.1) is 6.61 Å². The second kappa shape index (κ2) is 31.7. The Morgan fingerprint density at radius 2 is 1.07 bits per heavy atom. The molecule has 5 nitrogen and oxygen atoms in total. The standard InChI is InChI=1S/C36H72N2O3S/c1-6-9-12-15-17-21-26-34(25-20-13-10-7-2)28-32-41-35(39)27-22-18-16-19-24-30-38(29-23-14-11-8-3)36(40)42-33-31-37(4)5/h34H,6-33H2,1-5H3. The third kappa shape index (κ3) is 28.0. The maximum absolute atomic E-state index is 12.8. The maximum atomic E-state index is 12.8. The molecule has 0 fully saturated rings. The zero-order valence-electron chi connectivity index (χ0n) is 28.9. The van der Waals surface area contributed by atoms with Gasteiger partial charge in [-0.15, -0.1) is 0 Å². The fraction of sp³-hybridized carbons (Fsp3) is 0.944. The van der Waals surface area contributed by atoms with Gasteiger partial charge in [0.1, 0.15) is 0 Å². The summed E-state index contributed by atoms with van der Waals surface area (Å²) >= 11 is 1.47. The van der Waals surface area contributed by atoms with Gasteiger partial charge >= 0.3 is 5.97 Å². The van der Waals surface area contributed by atoms with Gasteiger partial charge in [-0.2, -0.15) is 0 Å². The first kappa shape index (κ1) is 41.2. The second-order valence-corrected chi connectivity index (χ2v) is 13.8. The van der Waals surface area contributed by atoms with Gasteiger partial charge < -0.3 is 14.5 Å². The number of unbranched alkanes of at least 4 members (excludes halogenated alkanes) is 15. The van der Waals surface area contributed by atoms with E-state index in [1.54, 1.807) is 0 Å². The molecule has 42 heavy (non-hydrogen) atoms. The summed E-state index contributed by atoms with van der Waals surface area (Å²) in [6, 6.07) is 0. The topological polar surface area (TPSA) is 49.9 Å². The van der Waals surface area contributed by atoms with Gasteiger partial charge in [-0.25, -0.2) is 0 Å². The summed E-state index contributed by atoms with van der Waals surface area (Å²) in [5, 5.41) is 0.242. The normalized spacial score (nSPS) is 12.1. The molecule has 0 aromatic heterocycles. The number of ether oxygens (including phenoxy) is 1. The van der Waals surface area contributed by atoms with Crippen molar-refractivity contribution in [2.24, 2.45) is 5.92 Å². The summed E-state index contributed by atoms with van der Waals surface area (Å²) in [5.74, 6) is 1.55. The van der Waals surface area contributed by atoms with E-state index in [-0.39, 0.29) is 11.2 Å². The summed E-state index contributed by atoms with van der Waals surface area (Å²) in [4.78, 5) is 29.3. The summed E-state index contributed by atoms with van der Waals surface area (Å²) in [7, 11) is 4.11. The number of carbonyl (C=O) groups is 2. The lowest BCUT2D eigenvalue weighted by molar-refractivity contribution is -0.144. The number of carbonyl (C=O) groups excluding carboxylic acids is 2. The van der Waals surface area contributed by atoms with Crippen LogP contribution in [0.1, 0.15) is 168 Å². The lowest BCUT2D eigenvalue weighted by atomic mass is 9.92. The van der Waals surface area contributed by atoms with Crippen molar-refractivity contribution >= 4 is 23.0 Å². The first-order valence-electron chi connectivity index (χ1n) is 18.2. The van der Waals surface area contributed by atoms with Gasteiger partial charge in [-0.3, -0.25) is 9.59 Å². The quantitative estimate of drug-likeness (QED) is 0.0576.